The van der Waals surface area contributed by atoms with E-state index in [0.29, 0.717) is 11.6 Å². The second-order valence-corrected chi connectivity index (χ2v) is 7.03. The molecule has 124 valence electrons. The van der Waals surface area contributed by atoms with Gasteiger partial charge in [0.05, 0.1) is 4.90 Å². The van der Waals surface area contributed by atoms with Crippen molar-refractivity contribution in [3.8, 4) is 0 Å². The number of carbonyl (C=O) groups is 1. The third-order valence-electron chi connectivity index (χ3n) is 3.33. The number of aromatic nitrogens is 1. The van der Waals surface area contributed by atoms with Gasteiger partial charge in [-0.25, -0.2) is 13.1 Å². The Labute approximate surface area is 135 Å². The lowest BCUT2D eigenvalue weighted by atomic mass is 10.1. The number of nitrogens with zero attached hydrogens (tertiary/aromatic N) is 1. The van der Waals surface area contributed by atoms with E-state index in [1.54, 1.807) is 31.2 Å². The van der Waals surface area contributed by atoms with Gasteiger partial charge in [-0.2, -0.15) is 0 Å². The van der Waals surface area contributed by atoms with Crippen LogP contribution in [0.5, 0.6) is 0 Å². The van der Waals surface area contributed by atoms with Gasteiger partial charge >= 0.3 is 0 Å². The van der Waals surface area contributed by atoms with Gasteiger partial charge in [-0.3, -0.25) is 4.79 Å². The van der Waals surface area contributed by atoms with E-state index in [4.69, 9.17) is 4.52 Å². The fourth-order valence-electron chi connectivity index (χ4n) is 1.89. The SMILES string of the molecule is Cc1cc(NC(=O)CCNS(=O)(=O)c2ccc(C)c(C)c2)no1. The molecule has 1 amide bonds. The number of nitrogens with one attached hydrogen (secondary N) is 2. The second kappa shape index (κ2) is 6.93. The summed E-state index contributed by atoms with van der Waals surface area (Å²) in [5.41, 5.74) is 1.92. The highest BCUT2D eigenvalue weighted by atomic mass is 32.2. The normalized spacial score (nSPS) is 11.4. The fraction of sp³-hybridized carbons (Fsp3) is 0.333. The fourth-order valence-corrected chi connectivity index (χ4v) is 3.01. The molecule has 0 saturated carbocycles. The zero-order valence-corrected chi connectivity index (χ0v) is 14.0. The third-order valence-corrected chi connectivity index (χ3v) is 4.79. The molecule has 0 aliphatic carbocycles. The molecule has 1 aromatic carbocycles. The highest BCUT2D eigenvalue weighted by molar-refractivity contribution is 7.89. The van der Waals surface area contributed by atoms with Crippen molar-refractivity contribution in [3.05, 3.63) is 41.2 Å². The molecule has 2 rings (SSSR count). The quantitative estimate of drug-likeness (QED) is 0.838. The van der Waals surface area contributed by atoms with Gasteiger partial charge < -0.3 is 9.84 Å². The Balaban J connectivity index is 1.89. The molecule has 0 radical (unpaired) electrons. The van der Waals surface area contributed by atoms with Crippen LogP contribution in [0.15, 0.2) is 33.7 Å². The Bertz CT molecular complexity index is 812. The number of hydrogen-bond donors (Lipinski definition) is 2. The Morgan fingerprint density at radius 1 is 1.17 bits per heavy atom. The van der Waals surface area contributed by atoms with Crippen LogP contribution in [-0.2, 0) is 14.8 Å². The summed E-state index contributed by atoms with van der Waals surface area (Å²) in [4.78, 5) is 11.9. The number of amides is 1. The molecule has 0 saturated heterocycles. The van der Waals surface area contributed by atoms with Crippen molar-refractivity contribution in [2.75, 3.05) is 11.9 Å². The predicted molar refractivity (Wildman–Crippen MR) is 85.6 cm³/mol. The molecule has 2 aromatic rings. The van der Waals surface area contributed by atoms with Crippen molar-refractivity contribution in [2.24, 2.45) is 0 Å². The maximum Gasteiger partial charge on any atom is 0.240 e. The van der Waals surface area contributed by atoms with Gasteiger partial charge in [-0.05, 0) is 44.0 Å². The molecule has 0 spiro atoms. The lowest BCUT2D eigenvalue weighted by molar-refractivity contribution is -0.116. The summed E-state index contributed by atoms with van der Waals surface area (Å²) in [6, 6.07) is 6.49. The van der Waals surface area contributed by atoms with Crippen LogP contribution in [0.4, 0.5) is 5.82 Å². The van der Waals surface area contributed by atoms with Crippen LogP contribution in [0.2, 0.25) is 0 Å². The highest BCUT2D eigenvalue weighted by Crippen LogP contribution is 2.14. The first-order chi connectivity index (χ1) is 10.8. The number of benzene rings is 1. The summed E-state index contributed by atoms with van der Waals surface area (Å²) < 4.78 is 31.6. The molecule has 2 N–H and O–H groups in total. The topological polar surface area (TPSA) is 101 Å². The molecular formula is C15H19N3O4S. The van der Waals surface area contributed by atoms with E-state index < -0.39 is 10.0 Å². The average molecular weight is 337 g/mol. The minimum atomic E-state index is -3.63. The third kappa shape index (κ3) is 4.64. The van der Waals surface area contributed by atoms with Gasteiger partial charge in [0.25, 0.3) is 0 Å². The maximum absolute atomic E-state index is 12.2. The zero-order chi connectivity index (χ0) is 17.0. The van der Waals surface area contributed by atoms with Gasteiger partial charge in [-0.1, -0.05) is 11.2 Å². The summed E-state index contributed by atoms with van der Waals surface area (Å²) in [5, 5.41) is 6.16. The first-order valence-electron chi connectivity index (χ1n) is 7.08. The largest absolute Gasteiger partial charge is 0.360 e. The van der Waals surface area contributed by atoms with E-state index in [0.717, 1.165) is 11.1 Å². The molecule has 0 bridgehead atoms. The highest BCUT2D eigenvalue weighted by Gasteiger charge is 2.15. The maximum atomic E-state index is 12.2. The monoisotopic (exact) mass is 337 g/mol. The summed E-state index contributed by atoms with van der Waals surface area (Å²) in [6.45, 7) is 5.47. The molecule has 8 heteroatoms. The number of anilines is 1. The minimum absolute atomic E-state index is 0.00206. The summed E-state index contributed by atoms with van der Waals surface area (Å²) in [7, 11) is -3.63. The molecule has 1 heterocycles. The van der Waals surface area contributed by atoms with Crippen LogP contribution < -0.4 is 10.0 Å². The van der Waals surface area contributed by atoms with E-state index in [9.17, 15) is 13.2 Å². The molecule has 0 unspecified atom stereocenters. The smallest absolute Gasteiger partial charge is 0.240 e. The van der Waals surface area contributed by atoms with Crippen LogP contribution in [0.25, 0.3) is 0 Å². The lowest BCUT2D eigenvalue weighted by Gasteiger charge is -2.08. The average Bonchev–Trinajstić information content (AvgIpc) is 2.86. The van der Waals surface area contributed by atoms with Crippen molar-refractivity contribution < 1.29 is 17.7 Å². The molecule has 1 aromatic heterocycles. The molecule has 0 aliphatic heterocycles. The number of rotatable bonds is 6. The summed E-state index contributed by atoms with van der Waals surface area (Å²) >= 11 is 0. The molecule has 7 nitrogen and oxygen atoms in total. The van der Waals surface area contributed by atoms with E-state index >= 15 is 0 Å². The van der Waals surface area contributed by atoms with Crippen molar-refractivity contribution >= 4 is 21.7 Å². The van der Waals surface area contributed by atoms with Crippen molar-refractivity contribution in [1.82, 2.24) is 9.88 Å². The minimum Gasteiger partial charge on any atom is -0.360 e. The lowest BCUT2D eigenvalue weighted by Crippen LogP contribution is -2.28. The van der Waals surface area contributed by atoms with Gasteiger partial charge in [0.2, 0.25) is 15.9 Å². The first-order valence-corrected chi connectivity index (χ1v) is 8.56. The van der Waals surface area contributed by atoms with Crippen LogP contribution >= 0.6 is 0 Å². The summed E-state index contributed by atoms with van der Waals surface area (Å²) in [5.74, 6) is 0.543. The Morgan fingerprint density at radius 2 is 1.91 bits per heavy atom. The molecule has 23 heavy (non-hydrogen) atoms. The summed E-state index contributed by atoms with van der Waals surface area (Å²) in [6.07, 6.45) is -0.00399. The van der Waals surface area contributed by atoms with Crippen molar-refractivity contribution in [1.29, 1.82) is 0 Å². The van der Waals surface area contributed by atoms with Crippen LogP contribution in [0, 0.1) is 20.8 Å². The van der Waals surface area contributed by atoms with Crippen LogP contribution in [-0.4, -0.2) is 26.0 Å². The van der Waals surface area contributed by atoms with Gasteiger partial charge in [0, 0.05) is 19.0 Å². The zero-order valence-electron chi connectivity index (χ0n) is 13.2. The van der Waals surface area contributed by atoms with E-state index in [2.05, 4.69) is 15.2 Å². The first kappa shape index (κ1) is 17.2. The van der Waals surface area contributed by atoms with Crippen molar-refractivity contribution in [2.45, 2.75) is 32.1 Å². The van der Waals surface area contributed by atoms with Crippen LogP contribution in [0.3, 0.4) is 0 Å². The van der Waals surface area contributed by atoms with Gasteiger partial charge in [-0.15, -0.1) is 0 Å². The number of sulfonamides is 1. The second-order valence-electron chi connectivity index (χ2n) is 5.26. The molecule has 0 aliphatic rings. The Kier molecular flexibility index (Phi) is 5.17. The van der Waals surface area contributed by atoms with Gasteiger partial charge in [0.1, 0.15) is 5.76 Å². The van der Waals surface area contributed by atoms with Crippen LogP contribution in [0.1, 0.15) is 23.3 Å². The number of aryl methyl sites for hydroxylation is 3. The Morgan fingerprint density at radius 3 is 2.52 bits per heavy atom. The molecular weight excluding hydrogens is 318 g/mol. The van der Waals surface area contributed by atoms with Crippen molar-refractivity contribution in [3.63, 3.8) is 0 Å². The number of hydrogen-bond acceptors (Lipinski definition) is 5. The Hall–Kier alpha value is -2.19. The molecule has 0 atom stereocenters. The van der Waals surface area contributed by atoms with Gasteiger partial charge in [0.15, 0.2) is 5.82 Å². The standard InChI is InChI=1S/C15H19N3O4S/c1-10-4-5-13(8-11(10)2)23(20,21)16-7-6-15(19)17-14-9-12(3)22-18-14/h4-5,8-9,16H,6-7H2,1-3H3,(H,17,18,19). The predicted octanol–water partition coefficient (Wildman–Crippen LogP) is 1.91. The van der Waals surface area contributed by atoms with E-state index in [1.165, 1.54) is 0 Å². The number of carbonyl (C=O) groups excluding carboxylic acids is 1. The van der Waals surface area contributed by atoms with E-state index in [-0.39, 0.29) is 23.8 Å². The van der Waals surface area contributed by atoms with E-state index in [1.807, 2.05) is 13.8 Å². The molecule has 0 fully saturated rings.